The number of nitrogens with one attached hydrogen (secondary N) is 2. The molecule has 0 radical (unpaired) electrons. The topological polar surface area (TPSA) is 107 Å². The average Bonchev–Trinajstić information content (AvgIpc) is 3.54. The molecule has 220 valence electrons. The summed E-state index contributed by atoms with van der Waals surface area (Å²) in [4.78, 5) is 27.6. The highest BCUT2D eigenvalue weighted by atomic mass is 32.2. The monoisotopic (exact) mass is 605 g/mol. The predicted molar refractivity (Wildman–Crippen MR) is 166 cm³/mol. The molecule has 2 aromatic carbocycles. The number of anilines is 1. The zero-order chi connectivity index (χ0) is 29.5. The standard InChI is InChI=1S/C31H35N5O4S2/c1-4-39-24-16-20(2)14-15-23(24)40-18-26-34-35-31(36(26)3)41-19-27(37)33-30-28(22-12-8-9-13-25(22)42-30)29(38)32-17-21-10-6-5-7-11-21/h5-7,10-11,14-16H,4,8-9,12-13,17-19H2,1-3H3,(H,32,38)(H,33,37). The van der Waals surface area contributed by atoms with Crippen LogP contribution in [0.1, 0.15) is 57.5 Å². The molecule has 11 heteroatoms. The van der Waals surface area contributed by atoms with E-state index >= 15 is 0 Å². The molecule has 2 amide bonds. The van der Waals surface area contributed by atoms with Crippen molar-refractivity contribution >= 4 is 39.9 Å². The van der Waals surface area contributed by atoms with Gasteiger partial charge in [-0.3, -0.25) is 9.59 Å². The normalized spacial score (nSPS) is 12.5. The van der Waals surface area contributed by atoms with Crippen LogP contribution in [0.4, 0.5) is 5.00 Å². The second-order valence-electron chi connectivity index (χ2n) is 10.0. The van der Waals surface area contributed by atoms with Crippen molar-refractivity contribution in [2.45, 2.75) is 57.8 Å². The lowest BCUT2D eigenvalue weighted by Gasteiger charge is -2.13. The summed E-state index contributed by atoms with van der Waals surface area (Å²) >= 11 is 2.81. The first kappa shape index (κ1) is 29.7. The van der Waals surface area contributed by atoms with Crippen LogP contribution in [0, 0.1) is 6.92 Å². The minimum Gasteiger partial charge on any atom is -0.490 e. The molecular formula is C31H35N5O4S2. The fourth-order valence-electron chi connectivity index (χ4n) is 4.80. The Labute approximate surface area is 254 Å². The lowest BCUT2D eigenvalue weighted by Crippen LogP contribution is -2.25. The molecule has 0 bridgehead atoms. The van der Waals surface area contributed by atoms with E-state index in [1.165, 1.54) is 28.0 Å². The van der Waals surface area contributed by atoms with Crippen LogP contribution in [-0.4, -0.2) is 38.9 Å². The number of benzene rings is 2. The van der Waals surface area contributed by atoms with Gasteiger partial charge in [-0.05, 0) is 68.4 Å². The molecule has 0 saturated carbocycles. The Hall–Kier alpha value is -3.83. The number of hydrogen-bond acceptors (Lipinski definition) is 8. The number of carbonyl (C=O) groups excluding carboxylic acids is 2. The Kier molecular flexibility index (Phi) is 9.81. The summed E-state index contributed by atoms with van der Waals surface area (Å²) in [7, 11) is 1.85. The molecule has 0 fully saturated rings. The molecule has 42 heavy (non-hydrogen) atoms. The molecule has 0 spiro atoms. The number of carbonyl (C=O) groups is 2. The molecule has 0 atom stereocenters. The van der Waals surface area contributed by atoms with Gasteiger partial charge in [-0.2, -0.15) is 0 Å². The maximum atomic E-state index is 13.3. The maximum Gasteiger partial charge on any atom is 0.254 e. The van der Waals surface area contributed by atoms with Gasteiger partial charge in [0.25, 0.3) is 5.91 Å². The Bertz CT molecular complexity index is 1550. The average molecular weight is 606 g/mol. The van der Waals surface area contributed by atoms with Gasteiger partial charge in [-0.1, -0.05) is 48.2 Å². The first-order chi connectivity index (χ1) is 20.4. The number of nitrogens with zero attached hydrogens (tertiary/aromatic N) is 3. The second-order valence-corrected chi connectivity index (χ2v) is 12.1. The van der Waals surface area contributed by atoms with Gasteiger partial charge in [-0.25, -0.2) is 0 Å². The summed E-state index contributed by atoms with van der Waals surface area (Å²) in [5.41, 5.74) is 3.78. The number of aromatic nitrogens is 3. The highest BCUT2D eigenvalue weighted by molar-refractivity contribution is 7.99. The minimum absolute atomic E-state index is 0.132. The van der Waals surface area contributed by atoms with Crippen molar-refractivity contribution < 1.29 is 19.1 Å². The quantitative estimate of drug-likeness (QED) is 0.200. The number of aryl methyl sites for hydroxylation is 2. The highest BCUT2D eigenvalue weighted by Gasteiger charge is 2.26. The van der Waals surface area contributed by atoms with E-state index in [0.717, 1.165) is 42.4 Å². The van der Waals surface area contributed by atoms with E-state index in [1.807, 2.05) is 74.0 Å². The van der Waals surface area contributed by atoms with Crippen LogP contribution in [0.25, 0.3) is 0 Å². The fourth-order valence-corrected chi connectivity index (χ4v) is 6.83. The fraction of sp³-hybridized carbons (Fsp3) is 0.355. The van der Waals surface area contributed by atoms with E-state index in [4.69, 9.17) is 9.47 Å². The van der Waals surface area contributed by atoms with E-state index in [0.29, 0.717) is 46.2 Å². The Morgan fingerprint density at radius 3 is 2.67 bits per heavy atom. The smallest absolute Gasteiger partial charge is 0.254 e. The van der Waals surface area contributed by atoms with Crippen molar-refractivity contribution in [3.63, 3.8) is 0 Å². The van der Waals surface area contributed by atoms with Crippen LogP contribution < -0.4 is 20.1 Å². The zero-order valence-corrected chi connectivity index (χ0v) is 25.7. The number of rotatable bonds is 12. The first-order valence-electron chi connectivity index (χ1n) is 14.1. The van der Waals surface area contributed by atoms with Gasteiger partial charge in [0, 0.05) is 18.5 Å². The number of fused-ring (bicyclic) bond motifs is 1. The highest BCUT2D eigenvalue weighted by Crippen LogP contribution is 2.38. The third-order valence-corrected chi connectivity index (χ3v) is 9.19. The maximum absolute atomic E-state index is 13.3. The van der Waals surface area contributed by atoms with Crippen LogP contribution in [0.5, 0.6) is 11.5 Å². The van der Waals surface area contributed by atoms with Crippen LogP contribution in [-0.2, 0) is 37.8 Å². The van der Waals surface area contributed by atoms with E-state index in [-0.39, 0.29) is 24.2 Å². The third kappa shape index (κ3) is 7.14. The summed E-state index contributed by atoms with van der Waals surface area (Å²) in [5.74, 6) is 1.74. The van der Waals surface area contributed by atoms with E-state index in [2.05, 4.69) is 20.8 Å². The van der Waals surface area contributed by atoms with Crippen molar-refractivity contribution in [2.24, 2.45) is 7.05 Å². The minimum atomic E-state index is -0.197. The van der Waals surface area contributed by atoms with Crippen molar-refractivity contribution in [3.05, 3.63) is 81.5 Å². The molecule has 5 rings (SSSR count). The first-order valence-corrected chi connectivity index (χ1v) is 15.9. The summed E-state index contributed by atoms with van der Waals surface area (Å²) in [5, 5.41) is 15.8. The summed E-state index contributed by atoms with van der Waals surface area (Å²) in [6.07, 6.45) is 3.92. The molecule has 0 unspecified atom stereocenters. The van der Waals surface area contributed by atoms with Crippen molar-refractivity contribution in [1.29, 1.82) is 0 Å². The lowest BCUT2D eigenvalue weighted by atomic mass is 9.95. The Morgan fingerprint density at radius 2 is 1.86 bits per heavy atom. The van der Waals surface area contributed by atoms with Crippen LogP contribution >= 0.6 is 23.1 Å². The molecule has 0 saturated heterocycles. The van der Waals surface area contributed by atoms with Gasteiger partial charge in [0.1, 0.15) is 11.6 Å². The molecule has 9 nitrogen and oxygen atoms in total. The van der Waals surface area contributed by atoms with Gasteiger partial charge in [0.2, 0.25) is 5.91 Å². The molecule has 0 aliphatic heterocycles. The lowest BCUT2D eigenvalue weighted by molar-refractivity contribution is -0.113. The number of thiophene rings is 1. The second kappa shape index (κ2) is 13.9. The number of hydrogen-bond donors (Lipinski definition) is 2. The predicted octanol–water partition coefficient (Wildman–Crippen LogP) is 5.70. The van der Waals surface area contributed by atoms with Gasteiger partial charge >= 0.3 is 0 Å². The van der Waals surface area contributed by atoms with Gasteiger partial charge < -0.3 is 24.7 Å². The van der Waals surface area contributed by atoms with Crippen LogP contribution in [0.3, 0.4) is 0 Å². The molecule has 1 aliphatic carbocycles. The summed E-state index contributed by atoms with van der Waals surface area (Å²) in [6.45, 7) is 5.12. The zero-order valence-electron chi connectivity index (χ0n) is 24.1. The summed E-state index contributed by atoms with van der Waals surface area (Å²) in [6, 6.07) is 15.6. The van der Waals surface area contributed by atoms with Gasteiger partial charge in [0.15, 0.2) is 22.5 Å². The van der Waals surface area contributed by atoms with Gasteiger partial charge in [0.05, 0.1) is 17.9 Å². The van der Waals surface area contributed by atoms with E-state index in [9.17, 15) is 9.59 Å². The number of amides is 2. The Balaban J connectivity index is 1.20. The van der Waals surface area contributed by atoms with Crippen molar-refractivity contribution in [1.82, 2.24) is 20.1 Å². The van der Waals surface area contributed by atoms with E-state index < -0.39 is 0 Å². The van der Waals surface area contributed by atoms with Crippen molar-refractivity contribution in [2.75, 3.05) is 17.7 Å². The molecule has 2 aromatic heterocycles. The molecular weight excluding hydrogens is 571 g/mol. The molecule has 1 aliphatic rings. The van der Waals surface area contributed by atoms with E-state index in [1.54, 1.807) is 0 Å². The van der Waals surface area contributed by atoms with Crippen LogP contribution in [0.2, 0.25) is 0 Å². The SMILES string of the molecule is CCOc1cc(C)ccc1OCc1nnc(SCC(=O)Nc2sc3c(c2C(=O)NCc2ccccc2)CCCC3)n1C. The molecule has 2 N–H and O–H groups in total. The third-order valence-electron chi connectivity index (χ3n) is 6.96. The largest absolute Gasteiger partial charge is 0.490 e. The number of ether oxygens (including phenoxy) is 2. The summed E-state index contributed by atoms with van der Waals surface area (Å²) < 4.78 is 13.5. The molecule has 2 heterocycles. The van der Waals surface area contributed by atoms with Crippen LogP contribution in [0.15, 0.2) is 53.7 Å². The van der Waals surface area contributed by atoms with Crippen molar-refractivity contribution in [3.8, 4) is 11.5 Å². The number of thioether (sulfide) groups is 1. The Morgan fingerprint density at radius 1 is 1.05 bits per heavy atom. The van der Waals surface area contributed by atoms with Gasteiger partial charge in [-0.15, -0.1) is 21.5 Å². The molecule has 4 aromatic rings.